The summed E-state index contributed by atoms with van der Waals surface area (Å²) < 4.78 is 12.6. The SMILES string of the molecule is CC(C)(C)n1nc(C(=O)Nc2cc3c(cc2N)OCO3)cc1C1CC1.Cl. The molecule has 2 heterocycles. The molecule has 0 bridgehead atoms. The van der Waals surface area contributed by atoms with Crippen molar-refractivity contribution in [3.8, 4) is 11.5 Å². The first kappa shape index (κ1) is 18.4. The molecule has 3 N–H and O–H groups in total. The number of aromatic nitrogens is 2. The fourth-order valence-corrected chi connectivity index (χ4v) is 2.97. The van der Waals surface area contributed by atoms with Gasteiger partial charge < -0.3 is 20.5 Å². The van der Waals surface area contributed by atoms with E-state index in [4.69, 9.17) is 15.2 Å². The highest BCUT2D eigenvalue weighted by atomic mass is 35.5. The Morgan fingerprint density at radius 2 is 1.88 bits per heavy atom. The van der Waals surface area contributed by atoms with Gasteiger partial charge >= 0.3 is 0 Å². The number of hydrogen-bond donors (Lipinski definition) is 2. The molecule has 2 aliphatic rings. The van der Waals surface area contributed by atoms with Crippen LogP contribution in [0.5, 0.6) is 11.5 Å². The molecule has 4 rings (SSSR count). The molecule has 1 aromatic carbocycles. The number of nitrogens with two attached hydrogens (primary N) is 1. The molecule has 0 spiro atoms. The third-order valence-electron chi connectivity index (χ3n) is 4.39. The van der Waals surface area contributed by atoms with Crippen LogP contribution in [0.3, 0.4) is 0 Å². The van der Waals surface area contributed by atoms with E-state index in [0.717, 1.165) is 18.5 Å². The zero-order chi connectivity index (χ0) is 17.8. The number of hydrogen-bond acceptors (Lipinski definition) is 5. The monoisotopic (exact) mass is 378 g/mol. The van der Waals surface area contributed by atoms with Crippen LogP contribution in [0.4, 0.5) is 11.4 Å². The van der Waals surface area contributed by atoms with Gasteiger partial charge in [-0.05, 0) is 39.7 Å². The van der Waals surface area contributed by atoms with Crippen molar-refractivity contribution < 1.29 is 14.3 Å². The van der Waals surface area contributed by atoms with E-state index in [1.807, 2.05) is 10.7 Å². The van der Waals surface area contributed by atoms with Gasteiger partial charge in [0.25, 0.3) is 5.91 Å². The molecule has 0 atom stereocenters. The first-order valence-corrected chi connectivity index (χ1v) is 8.44. The Kier molecular flexibility index (Phi) is 4.52. The number of anilines is 2. The number of rotatable bonds is 3. The maximum Gasteiger partial charge on any atom is 0.276 e. The highest BCUT2D eigenvalue weighted by Gasteiger charge is 2.32. The molecule has 1 saturated carbocycles. The quantitative estimate of drug-likeness (QED) is 0.797. The molecule has 0 saturated heterocycles. The number of halogens is 1. The number of nitrogens with zero attached hydrogens (tertiary/aromatic N) is 2. The molecule has 7 nitrogen and oxygen atoms in total. The number of carbonyl (C=O) groups excluding carboxylic acids is 1. The second-order valence-electron chi connectivity index (χ2n) is 7.56. The van der Waals surface area contributed by atoms with E-state index in [-0.39, 0.29) is 30.6 Å². The van der Waals surface area contributed by atoms with Gasteiger partial charge in [-0.1, -0.05) is 0 Å². The van der Waals surface area contributed by atoms with E-state index in [1.54, 1.807) is 12.1 Å². The van der Waals surface area contributed by atoms with Gasteiger partial charge in [0.15, 0.2) is 17.2 Å². The fraction of sp³-hybridized carbons (Fsp3) is 0.444. The van der Waals surface area contributed by atoms with Crippen molar-refractivity contribution in [3.63, 3.8) is 0 Å². The number of nitrogen functional groups attached to an aromatic ring is 1. The summed E-state index contributed by atoms with van der Waals surface area (Å²) in [6.07, 6.45) is 2.30. The Morgan fingerprint density at radius 1 is 1.23 bits per heavy atom. The Balaban J connectivity index is 0.00000196. The van der Waals surface area contributed by atoms with Gasteiger partial charge in [0, 0.05) is 23.7 Å². The van der Waals surface area contributed by atoms with Crippen LogP contribution in [-0.4, -0.2) is 22.5 Å². The van der Waals surface area contributed by atoms with Crippen molar-refractivity contribution in [1.29, 1.82) is 0 Å². The second kappa shape index (κ2) is 6.39. The van der Waals surface area contributed by atoms with Gasteiger partial charge in [-0.25, -0.2) is 0 Å². The Morgan fingerprint density at radius 3 is 2.50 bits per heavy atom. The minimum Gasteiger partial charge on any atom is -0.454 e. The minimum atomic E-state index is -0.282. The van der Waals surface area contributed by atoms with Crippen LogP contribution in [0, 0.1) is 0 Å². The molecule has 140 valence electrons. The molecular formula is C18H23ClN4O3. The molecule has 0 radical (unpaired) electrons. The third-order valence-corrected chi connectivity index (χ3v) is 4.39. The van der Waals surface area contributed by atoms with Crippen molar-refractivity contribution in [3.05, 3.63) is 29.6 Å². The van der Waals surface area contributed by atoms with Gasteiger partial charge in [0.1, 0.15) is 0 Å². The second-order valence-corrected chi connectivity index (χ2v) is 7.56. The van der Waals surface area contributed by atoms with E-state index in [9.17, 15) is 4.79 Å². The van der Waals surface area contributed by atoms with E-state index in [1.165, 1.54) is 0 Å². The Bertz CT molecular complexity index is 853. The third kappa shape index (κ3) is 3.31. The summed E-state index contributed by atoms with van der Waals surface area (Å²) in [5.41, 5.74) is 8.27. The normalized spacial score (nSPS) is 15.5. The van der Waals surface area contributed by atoms with Crippen LogP contribution < -0.4 is 20.5 Å². The summed E-state index contributed by atoms with van der Waals surface area (Å²) in [4.78, 5) is 12.7. The van der Waals surface area contributed by atoms with Crippen molar-refractivity contribution in [2.45, 2.75) is 45.1 Å². The summed E-state index contributed by atoms with van der Waals surface area (Å²) in [5.74, 6) is 1.38. The van der Waals surface area contributed by atoms with E-state index >= 15 is 0 Å². The topological polar surface area (TPSA) is 91.4 Å². The lowest BCUT2D eigenvalue weighted by molar-refractivity contribution is 0.102. The van der Waals surface area contributed by atoms with Crippen LogP contribution >= 0.6 is 12.4 Å². The van der Waals surface area contributed by atoms with Gasteiger partial charge in [0.05, 0.1) is 16.9 Å². The highest BCUT2D eigenvalue weighted by Crippen LogP contribution is 2.42. The first-order chi connectivity index (χ1) is 11.8. The smallest absolute Gasteiger partial charge is 0.276 e. The molecule has 2 aromatic rings. The lowest BCUT2D eigenvalue weighted by atomic mass is 10.1. The van der Waals surface area contributed by atoms with Gasteiger partial charge in [0.2, 0.25) is 6.79 Å². The van der Waals surface area contributed by atoms with Crippen LogP contribution in [-0.2, 0) is 5.54 Å². The van der Waals surface area contributed by atoms with Crippen LogP contribution in [0.2, 0.25) is 0 Å². The van der Waals surface area contributed by atoms with Crippen LogP contribution in [0.25, 0.3) is 0 Å². The molecule has 8 heteroatoms. The number of benzene rings is 1. The van der Waals surface area contributed by atoms with Crippen LogP contribution in [0.15, 0.2) is 18.2 Å². The Labute approximate surface area is 158 Å². The highest BCUT2D eigenvalue weighted by molar-refractivity contribution is 6.04. The standard InChI is InChI=1S/C18H22N4O3.ClH/c1-18(2,3)22-14(10-4-5-10)7-13(21-22)17(23)20-12-8-16-15(6-11(12)19)24-9-25-16;/h6-8,10H,4-5,9,19H2,1-3H3,(H,20,23);1H. The van der Waals surface area contributed by atoms with Gasteiger partial charge in [-0.3, -0.25) is 9.48 Å². The molecule has 1 fully saturated rings. The lowest BCUT2D eigenvalue weighted by Gasteiger charge is -2.22. The van der Waals surface area contributed by atoms with Crippen molar-refractivity contribution in [2.75, 3.05) is 17.8 Å². The van der Waals surface area contributed by atoms with E-state index in [0.29, 0.717) is 34.5 Å². The lowest BCUT2D eigenvalue weighted by Crippen LogP contribution is -2.25. The molecule has 1 amide bonds. The van der Waals surface area contributed by atoms with Crippen LogP contribution in [0.1, 0.15) is 55.7 Å². The summed E-state index contributed by atoms with van der Waals surface area (Å²) >= 11 is 0. The summed E-state index contributed by atoms with van der Waals surface area (Å²) in [6, 6.07) is 5.22. The van der Waals surface area contributed by atoms with Gasteiger partial charge in [-0.15, -0.1) is 12.4 Å². The van der Waals surface area contributed by atoms with Crippen molar-refractivity contribution in [1.82, 2.24) is 9.78 Å². The predicted molar refractivity (Wildman–Crippen MR) is 101 cm³/mol. The first-order valence-electron chi connectivity index (χ1n) is 8.44. The molecule has 1 aliphatic carbocycles. The average Bonchev–Trinajstić information content (AvgIpc) is 3.10. The number of fused-ring (bicyclic) bond motifs is 1. The maximum atomic E-state index is 12.7. The molecule has 0 unspecified atom stereocenters. The summed E-state index contributed by atoms with van der Waals surface area (Å²) in [7, 11) is 0. The maximum absolute atomic E-state index is 12.7. The van der Waals surface area contributed by atoms with E-state index in [2.05, 4.69) is 31.2 Å². The predicted octanol–water partition coefficient (Wildman–Crippen LogP) is 3.50. The number of amides is 1. The van der Waals surface area contributed by atoms with Crippen molar-refractivity contribution >= 4 is 29.7 Å². The molecule has 1 aliphatic heterocycles. The minimum absolute atomic E-state index is 0. The number of carbonyl (C=O) groups is 1. The van der Waals surface area contributed by atoms with Crippen molar-refractivity contribution in [2.24, 2.45) is 0 Å². The Hall–Kier alpha value is -2.41. The number of ether oxygens (including phenoxy) is 2. The fourth-order valence-electron chi connectivity index (χ4n) is 2.97. The largest absolute Gasteiger partial charge is 0.454 e. The zero-order valence-corrected chi connectivity index (χ0v) is 15.9. The molecular weight excluding hydrogens is 356 g/mol. The van der Waals surface area contributed by atoms with Gasteiger partial charge in [-0.2, -0.15) is 5.10 Å². The summed E-state index contributed by atoms with van der Waals surface area (Å²) in [5, 5.41) is 7.38. The average molecular weight is 379 g/mol. The zero-order valence-electron chi connectivity index (χ0n) is 15.0. The van der Waals surface area contributed by atoms with E-state index < -0.39 is 0 Å². The molecule has 26 heavy (non-hydrogen) atoms. The summed E-state index contributed by atoms with van der Waals surface area (Å²) in [6.45, 7) is 6.42. The molecule has 1 aromatic heterocycles. The number of nitrogens with one attached hydrogen (secondary N) is 1.